The quantitative estimate of drug-likeness (QED) is 0.144. The van der Waals surface area contributed by atoms with Crippen LogP contribution in [0.1, 0.15) is 22.3 Å². The van der Waals surface area contributed by atoms with Crippen LogP contribution in [-0.2, 0) is 0 Å². The van der Waals surface area contributed by atoms with Gasteiger partial charge in [-0.05, 0) is 97.1 Å². The molecule has 0 saturated carbocycles. The summed E-state index contributed by atoms with van der Waals surface area (Å²) >= 11 is 0. The Bertz CT molecular complexity index is 3730. The van der Waals surface area contributed by atoms with Crippen molar-refractivity contribution in [2.45, 2.75) is 0 Å². The van der Waals surface area contributed by atoms with E-state index in [0.29, 0.717) is 22.3 Å². The van der Waals surface area contributed by atoms with Crippen molar-refractivity contribution < 1.29 is 0 Å². The molecule has 0 unspecified atom stereocenters. The topological polar surface area (TPSA) is 105 Å². The molecular weight excluding hydrogens is 802 g/mol. The van der Waals surface area contributed by atoms with Crippen LogP contribution in [0.3, 0.4) is 0 Å². The molecule has 2 heterocycles. The van der Waals surface area contributed by atoms with Crippen molar-refractivity contribution in [1.29, 1.82) is 21.0 Å². The summed E-state index contributed by atoms with van der Waals surface area (Å²) in [6.07, 6.45) is 0. The van der Waals surface area contributed by atoms with E-state index in [9.17, 15) is 21.0 Å². The van der Waals surface area contributed by atoms with Crippen LogP contribution in [-0.4, -0.2) is 22.6 Å². The van der Waals surface area contributed by atoms with Gasteiger partial charge in [0, 0.05) is 32.9 Å². The molecular formula is C58H34B2N6. The molecule has 0 fully saturated rings. The first kappa shape index (κ1) is 39.5. The van der Waals surface area contributed by atoms with Crippen LogP contribution < -0.4 is 32.8 Å². The fourth-order valence-corrected chi connectivity index (χ4v) is 9.90. The van der Waals surface area contributed by atoms with Gasteiger partial charge in [0.2, 0.25) is 13.4 Å². The molecule has 66 heavy (non-hydrogen) atoms. The second-order valence-corrected chi connectivity index (χ2v) is 16.6. The van der Waals surface area contributed by atoms with Crippen LogP contribution in [0.25, 0.3) is 55.0 Å². The van der Waals surface area contributed by atoms with Crippen molar-refractivity contribution in [2.24, 2.45) is 0 Å². The summed E-state index contributed by atoms with van der Waals surface area (Å²) in [6, 6.07) is 79.3. The number of aromatic nitrogens is 2. The highest BCUT2D eigenvalue weighted by molar-refractivity contribution is 6.96. The summed E-state index contributed by atoms with van der Waals surface area (Å²) in [5.41, 5.74) is 15.2. The third kappa shape index (κ3) is 6.67. The zero-order valence-corrected chi connectivity index (χ0v) is 35.5. The Morgan fingerprint density at radius 3 is 1.17 bits per heavy atom. The third-order valence-electron chi connectivity index (χ3n) is 12.9. The van der Waals surface area contributed by atoms with Gasteiger partial charge in [-0.15, -0.1) is 0 Å². The Morgan fingerprint density at radius 2 is 0.667 bits per heavy atom. The molecule has 2 aromatic heterocycles. The predicted molar refractivity (Wildman–Crippen MR) is 269 cm³/mol. The number of fused-ring (bicyclic) bond motifs is 7. The lowest BCUT2D eigenvalue weighted by atomic mass is 9.37. The van der Waals surface area contributed by atoms with Gasteiger partial charge in [-0.2, -0.15) is 21.0 Å². The predicted octanol–water partition coefficient (Wildman–Crippen LogP) is 8.40. The Hall–Kier alpha value is -9.33. The molecule has 0 N–H and O–H groups in total. The maximum Gasteiger partial charge on any atom is 0.241 e. The van der Waals surface area contributed by atoms with Gasteiger partial charge in [-0.3, -0.25) is 0 Å². The van der Waals surface area contributed by atoms with Gasteiger partial charge in [0.15, 0.2) is 0 Å². The first-order chi connectivity index (χ1) is 32.5. The SMILES string of the molecule is N#Cc1ccc(B(c2ccc(C#N)cc2)c2cccc(-n3c4ccccc4c4c5c6cc(B(c7ccc(C#N)cc7)c7ccc(C#N)cc7)ccc6n(-c6ccccc6)c5ccc43)c2)cc1. The van der Waals surface area contributed by atoms with Gasteiger partial charge < -0.3 is 9.13 Å². The van der Waals surface area contributed by atoms with Crippen molar-refractivity contribution in [3.05, 3.63) is 229 Å². The first-order valence-electron chi connectivity index (χ1n) is 21.7. The van der Waals surface area contributed by atoms with E-state index in [0.717, 1.165) is 87.8 Å². The molecule has 11 rings (SSSR count). The second-order valence-electron chi connectivity index (χ2n) is 16.6. The van der Waals surface area contributed by atoms with Crippen LogP contribution in [0.2, 0.25) is 0 Å². The number of rotatable bonds is 8. The number of hydrogen-bond acceptors (Lipinski definition) is 4. The van der Waals surface area contributed by atoms with Crippen molar-refractivity contribution in [1.82, 2.24) is 9.13 Å². The molecule has 8 heteroatoms. The van der Waals surface area contributed by atoms with Gasteiger partial charge in [0.1, 0.15) is 0 Å². The smallest absolute Gasteiger partial charge is 0.241 e. The number of nitriles is 4. The van der Waals surface area contributed by atoms with E-state index in [-0.39, 0.29) is 13.4 Å². The van der Waals surface area contributed by atoms with E-state index in [4.69, 9.17) is 0 Å². The van der Waals surface area contributed by atoms with Crippen molar-refractivity contribution in [2.75, 3.05) is 0 Å². The van der Waals surface area contributed by atoms with Gasteiger partial charge in [-0.1, -0.05) is 142 Å². The molecule has 0 atom stereocenters. The van der Waals surface area contributed by atoms with Crippen molar-refractivity contribution in [3.8, 4) is 35.7 Å². The first-order valence-corrected chi connectivity index (χ1v) is 21.7. The highest BCUT2D eigenvalue weighted by Gasteiger charge is 2.27. The summed E-state index contributed by atoms with van der Waals surface area (Å²) in [7, 11) is 0. The van der Waals surface area contributed by atoms with Crippen LogP contribution in [0.4, 0.5) is 0 Å². The monoisotopic (exact) mass is 836 g/mol. The van der Waals surface area contributed by atoms with Crippen LogP contribution in [0.5, 0.6) is 0 Å². The maximum atomic E-state index is 9.67. The minimum absolute atomic E-state index is 0.160. The molecule has 6 nitrogen and oxygen atoms in total. The zero-order valence-electron chi connectivity index (χ0n) is 35.5. The largest absolute Gasteiger partial charge is 0.309 e. The zero-order chi connectivity index (χ0) is 44.7. The third-order valence-corrected chi connectivity index (χ3v) is 12.9. The highest BCUT2D eigenvalue weighted by Crippen LogP contribution is 2.42. The number of hydrogen-bond donors (Lipinski definition) is 0. The van der Waals surface area contributed by atoms with E-state index in [1.807, 2.05) is 103 Å². The summed E-state index contributed by atoms with van der Waals surface area (Å²) in [6.45, 7) is -0.332. The lowest BCUT2D eigenvalue weighted by Gasteiger charge is -2.18. The van der Waals surface area contributed by atoms with Gasteiger partial charge in [0.05, 0.1) is 68.6 Å². The summed E-state index contributed by atoms with van der Waals surface area (Å²) in [4.78, 5) is 0. The summed E-state index contributed by atoms with van der Waals surface area (Å²) in [5.74, 6) is 0. The summed E-state index contributed by atoms with van der Waals surface area (Å²) < 4.78 is 4.73. The Labute approximate surface area is 382 Å². The van der Waals surface area contributed by atoms with Crippen molar-refractivity contribution >= 4 is 89.8 Å². The Morgan fingerprint density at radius 1 is 0.288 bits per heavy atom. The van der Waals surface area contributed by atoms with Crippen LogP contribution >= 0.6 is 0 Å². The van der Waals surface area contributed by atoms with E-state index in [2.05, 4.69) is 137 Å². The molecule has 0 radical (unpaired) electrons. The lowest BCUT2D eigenvalue weighted by molar-refractivity contribution is 1.17. The molecule has 0 amide bonds. The highest BCUT2D eigenvalue weighted by atomic mass is 15.0. The minimum Gasteiger partial charge on any atom is -0.309 e. The van der Waals surface area contributed by atoms with Crippen LogP contribution in [0, 0.1) is 45.3 Å². The molecule has 0 spiro atoms. The molecule has 9 aromatic carbocycles. The Kier molecular flexibility index (Phi) is 9.83. The fourth-order valence-electron chi connectivity index (χ4n) is 9.90. The van der Waals surface area contributed by atoms with Crippen LogP contribution in [0.15, 0.2) is 206 Å². The molecule has 11 aromatic rings. The fraction of sp³-hybridized carbons (Fsp3) is 0. The second kappa shape index (κ2) is 16.4. The number of nitrogens with zero attached hydrogens (tertiary/aromatic N) is 6. The summed E-state index contributed by atoms with van der Waals surface area (Å²) in [5, 5.41) is 43.1. The maximum absolute atomic E-state index is 9.67. The average molecular weight is 837 g/mol. The van der Waals surface area contributed by atoms with Gasteiger partial charge >= 0.3 is 0 Å². The molecule has 0 aliphatic heterocycles. The van der Waals surface area contributed by atoms with E-state index in [1.165, 1.54) is 0 Å². The minimum atomic E-state index is -0.173. The normalized spacial score (nSPS) is 11.0. The molecule has 0 aliphatic carbocycles. The lowest BCUT2D eigenvalue weighted by Crippen LogP contribution is -2.52. The molecule has 302 valence electrons. The average Bonchev–Trinajstić information content (AvgIpc) is 3.90. The molecule has 0 aliphatic rings. The van der Waals surface area contributed by atoms with Gasteiger partial charge in [-0.25, -0.2) is 0 Å². The van der Waals surface area contributed by atoms with Gasteiger partial charge in [0.25, 0.3) is 0 Å². The van der Waals surface area contributed by atoms with Crippen molar-refractivity contribution in [3.63, 3.8) is 0 Å². The molecule has 0 bridgehead atoms. The van der Waals surface area contributed by atoms with E-state index < -0.39 is 0 Å². The number of para-hydroxylation sites is 2. The number of benzene rings is 9. The van der Waals surface area contributed by atoms with E-state index >= 15 is 0 Å². The van der Waals surface area contributed by atoms with E-state index in [1.54, 1.807) is 0 Å². The standard InChI is InChI=1S/C58H34B2N6/c61-35-39-13-21-43(22-14-39)59(44-23-15-40(36-62)16-24-44)47-7-6-10-50(33-47)66-53-12-5-4-11-51(53)57-55(66)31-32-56-58(57)52-34-48(29-30-54(52)65(56)49-8-2-1-3-9-49)60(45-25-17-41(37-63)18-26-45)46-27-19-42(38-64)20-28-46/h1-34H. The molecule has 0 saturated heterocycles. The Balaban J connectivity index is 1.17.